The number of ether oxygens (including phenoxy) is 2. The molecule has 0 aliphatic heterocycles. The topological polar surface area (TPSA) is 64.7 Å². The maximum Gasteiger partial charge on any atom is 0.178 e. The summed E-state index contributed by atoms with van der Waals surface area (Å²) in [5.41, 5.74) is 5.13. The minimum Gasteiger partial charge on any atom is -0.507 e. The van der Waals surface area contributed by atoms with Crippen molar-refractivity contribution < 1.29 is 19.1 Å². The van der Waals surface area contributed by atoms with E-state index < -0.39 is 0 Å². The molecule has 156 valence electrons. The highest BCUT2D eigenvalue weighted by molar-refractivity contribution is 5.84. The molecule has 0 aliphatic carbocycles. The van der Waals surface area contributed by atoms with Crippen LogP contribution in [-0.2, 0) is 6.61 Å². The molecule has 0 saturated heterocycles. The number of phenolic OH excluding ortho intramolecular Hbond substituents is 1. The lowest BCUT2D eigenvalue weighted by molar-refractivity contribution is 0.304. The first-order chi connectivity index (χ1) is 15.1. The van der Waals surface area contributed by atoms with E-state index in [1.165, 1.54) is 0 Å². The quantitative estimate of drug-likeness (QED) is 0.388. The van der Waals surface area contributed by atoms with Gasteiger partial charge in [0.25, 0.3) is 0 Å². The summed E-state index contributed by atoms with van der Waals surface area (Å²) >= 11 is 0. The van der Waals surface area contributed by atoms with E-state index in [1.54, 1.807) is 25.3 Å². The molecule has 0 fully saturated rings. The fraction of sp³-hybridized carbons (Fsp3) is 0.115. The smallest absolute Gasteiger partial charge is 0.178 e. The van der Waals surface area contributed by atoms with E-state index in [9.17, 15) is 5.11 Å². The van der Waals surface area contributed by atoms with Crippen LogP contribution >= 0.6 is 0 Å². The summed E-state index contributed by atoms with van der Waals surface area (Å²) in [7, 11) is 1.63. The molecule has 4 aromatic rings. The van der Waals surface area contributed by atoms with Crippen LogP contribution in [0.3, 0.4) is 0 Å². The van der Waals surface area contributed by atoms with Crippen LogP contribution in [0.25, 0.3) is 28.5 Å². The Kier molecular flexibility index (Phi) is 5.76. The lowest BCUT2D eigenvalue weighted by Crippen LogP contribution is -1.95. The Morgan fingerprint density at radius 3 is 2.35 bits per heavy atom. The second-order valence-electron chi connectivity index (χ2n) is 7.11. The second kappa shape index (κ2) is 8.79. The van der Waals surface area contributed by atoms with Crippen LogP contribution in [0.15, 0.2) is 77.8 Å². The Morgan fingerprint density at radius 1 is 1.00 bits per heavy atom. The van der Waals surface area contributed by atoms with Gasteiger partial charge in [-0.1, -0.05) is 54.2 Å². The molecule has 0 atom stereocenters. The van der Waals surface area contributed by atoms with Crippen LogP contribution in [-0.4, -0.2) is 17.4 Å². The molecule has 31 heavy (non-hydrogen) atoms. The summed E-state index contributed by atoms with van der Waals surface area (Å²) in [4.78, 5) is 0. The summed E-state index contributed by atoms with van der Waals surface area (Å²) in [5, 5.41) is 14.8. The molecule has 5 heteroatoms. The van der Waals surface area contributed by atoms with E-state index in [0.29, 0.717) is 23.7 Å². The third-order valence-electron chi connectivity index (χ3n) is 5.08. The average molecular weight is 413 g/mol. The minimum absolute atomic E-state index is 0.0606. The van der Waals surface area contributed by atoms with Crippen molar-refractivity contribution in [1.82, 2.24) is 5.16 Å². The molecule has 3 aromatic carbocycles. The Labute approximate surface area is 181 Å². The van der Waals surface area contributed by atoms with Crippen molar-refractivity contribution in [2.24, 2.45) is 0 Å². The Morgan fingerprint density at radius 2 is 1.71 bits per heavy atom. The number of phenols is 1. The first-order valence-electron chi connectivity index (χ1n) is 9.87. The number of aromatic hydroxyl groups is 1. The molecule has 0 bridgehead atoms. The van der Waals surface area contributed by atoms with Gasteiger partial charge >= 0.3 is 0 Å². The van der Waals surface area contributed by atoms with Crippen LogP contribution < -0.4 is 9.47 Å². The van der Waals surface area contributed by atoms with Crippen molar-refractivity contribution in [1.29, 1.82) is 0 Å². The summed E-state index contributed by atoms with van der Waals surface area (Å²) in [6.07, 6.45) is 1.80. The van der Waals surface area contributed by atoms with Crippen molar-refractivity contribution in [3.05, 3.63) is 90.1 Å². The van der Waals surface area contributed by atoms with Gasteiger partial charge in [-0.2, -0.15) is 0 Å². The van der Waals surface area contributed by atoms with Gasteiger partial charge in [-0.05, 0) is 47.9 Å². The van der Waals surface area contributed by atoms with Gasteiger partial charge in [-0.15, -0.1) is 0 Å². The Bertz CT molecular complexity index is 1190. The summed E-state index contributed by atoms with van der Waals surface area (Å²) in [6, 6.07) is 20.8. The molecular weight excluding hydrogens is 390 g/mol. The number of aromatic nitrogens is 1. The van der Waals surface area contributed by atoms with E-state index in [1.807, 2.05) is 61.5 Å². The highest BCUT2D eigenvalue weighted by Crippen LogP contribution is 2.40. The molecule has 1 heterocycles. The van der Waals surface area contributed by atoms with E-state index in [2.05, 4.69) is 11.7 Å². The Hall–Kier alpha value is -3.99. The van der Waals surface area contributed by atoms with Crippen molar-refractivity contribution in [3.63, 3.8) is 0 Å². The van der Waals surface area contributed by atoms with E-state index in [4.69, 9.17) is 14.0 Å². The zero-order chi connectivity index (χ0) is 21.8. The van der Waals surface area contributed by atoms with Crippen molar-refractivity contribution in [2.75, 3.05) is 7.11 Å². The minimum atomic E-state index is 0.0606. The Balaban J connectivity index is 1.57. The monoisotopic (exact) mass is 413 g/mol. The van der Waals surface area contributed by atoms with Gasteiger partial charge in [-0.25, -0.2) is 0 Å². The fourth-order valence-corrected chi connectivity index (χ4v) is 3.36. The van der Waals surface area contributed by atoms with E-state index in [0.717, 1.165) is 33.7 Å². The van der Waals surface area contributed by atoms with Gasteiger partial charge in [0.1, 0.15) is 23.9 Å². The number of rotatable bonds is 7. The molecule has 0 saturated carbocycles. The third kappa shape index (κ3) is 4.31. The molecule has 1 N–H and O–H groups in total. The highest BCUT2D eigenvalue weighted by Gasteiger charge is 2.20. The standard InChI is InChI=1S/C26H23NO4/c1-4-18-5-7-19(8-6-18)16-30-22-13-14-23(24(28)15-22)26-25(17(2)27-31-26)20-9-11-21(29-3)12-10-20/h4-15,28H,1,16H2,2-3H3. The SMILES string of the molecule is C=Cc1ccc(COc2ccc(-c3onc(C)c3-c3ccc(OC)cc3)c(O)c2)cc1. The zero-order valence-corrected chi connectivity index (χ0v) is 17.5. The predicted molar refractivity (Wildman–Crippen MR) is 121 cm³/mol. The highest BCUT2D eigenvalue weighted by atomic mass is 16.5. The predicted octanol–water partition coefficient (Wildman–Crippen LogP) is 6.25. The molecule has 0 spiro atoms. The van der Waals surface area contributed by atoms with Crippen LogP contribution in [0.1, 0.15) is 16.8 Å². The first kappa shape index (κ1) is 20.3. The van der Waals surface area contributed by atoms with Crippen LogP contribution in [0.4, 0.5) is 0 Å². The molecule has 1 aromatic heterocycles. The number of aryl methyl sites for hydroxylation is 1. The largest absolute Gasteiger partial charge is 0.507 e. The van der Waals surface area contributed by atoms with Crippen molar-refractivity contribution >= 4 is 6.08 Å². The number of nitrogens with zero attached hydrogens (tertiary/aromatic N) is 1. The van der Waals surface area contributed by atoms with Crippen molar-refractivity contribution in [3.8, 4) is 39.7 Å². The molecule has 0 aliphatic rings. The average Bonchev–Trinajstić information content (AvgIpc) is 3.19. The van der Waals surface area contributed by atoms with Gasteiger partial charge in [0.15, 0.2) is 5.76 Å². The van der Waals surface area contributed by atoms with Crippen molar-refractivity contribution in [2.45, 2.75) is 13.5 Å². The van der Waals surface area contributed by atoms with Crippen LogP contribution in [0.2, 0.25) is 0 Å². The van der Waals surface area contributed by atoms with E-state index >= 15 is 0 Å². The number of methoxy groups -OCH3 is 1. The third-order valence-corrected chi connectivity index (χ3v) is 5.08. The normalized spacial score (nSPS) is 10.6. The molecule has 0 amide bonds. The summed E-state index contributed by atoms with van der Waals surface area (Å²) in [5.74, 6) is 1.90. The molecule has 4 rings (SSSR count). The summed E-state index contributed by atoms with van der Waals surface area (Å²) < 4.78 is 16.6. The molecule has 0 unspecified atom stereocenters. The molecular formula is C26H23NO4. The summed E-state index contributed by atoms with van der Waals surface area (Å²) in [6.45, 7) is 6.03. The van der Waals surface area contributed by atoms with Crippen LogP contribution in [0.5, 0.6) is 17.2 Å². The lowest BCUT2D eigenvalue weighted by atomic mass is 9.99. The van der Waals surface area contributed by atoms with Gasteiger partial charge in [0.05, 0.1) is 23.9 Å². The molecule has 0 radical (unpaired) electrons. The van der Waals surface area contributed by atoms with E-state index in [-0.39, 0.29) is 5.75 Å². The second-order valence-corrected chi connectivity index (χ2v) is 7.11. The molecule has 5 nitrogen and oxygen atoms in total. The van der Waals surface area contributed by atoms with Gasteiger partial charge in [-0.3, -0.25) is 0 Å². The number of hydrogen-bond acceptors (Lipinski definition) is 5. The first-order valence-corrected chi connectivity index (χ1v) is 9.87. The number of benzene rings is 3. The fourth-order valence-electron chi connectivity index (χ4n) is 3.36. The maximum absolute atomic E-state index is 10.7. The zero-order valence-electron chi connectivity index (χ0n) is 17.5. The van der Waals surface area contributed by atoms with Gasteiger partial charge < -0.3 is 19.1 Å². The lowest BCUT2D eigenvalue weighted by Gasteiger charge is -2.10. The maximum atomic E-state index is 10.7. The van der Waals surface area contributed by atoms with Gasteiger partial charge in [0, 0.05) is 6.07 Å². The van der Waals surface area contributed by atoms with Gasteiger partial charge in [0.2, 0.25) is 0 Å². The number of hydrogen-bond donors (Lipinski definition) is 1. The van der Waals surface area contributed by atoms with Crippen LogP contribution in [0, 0.1) is 6.92 Å².